The summed E-state index contributed by atoms with van der Waals surface area (Å²) in [6.45, 7) is 4.48. The lowest BCUT2D eigenvalue weighted by atomic mass is 9.87. The van der Waals surface area contributed by atoms with Gasteiger partial charge in [-0.3, -0.25) is 0 Å². The van der Waals surface area contributed by atoms with Gasteiger partial charge in [-0.25, -0.2) is 0 Å². The Labute approximate surface area is 121 Å². The fourth-order valence-corrected chi connectivity index (χ4v) is 2.66. The number of rotatable bonds is 5. The van der Waals surface area contributed by atoms with Gasteiger partial charge in [0.2, 0.25) is 0 Å². The predicted octanol–water partition coefficient (Wildman–Crippen LogP) is 3.60. The molecule has 108 valence electrons. The molecular weight excluding hydrogens is 248 g/mol. The van der Waals surface area contributed by atoms with Gasteiger partial charge in [0.25, 0.3) is 0 Å². The first-order valence-electron chi connectivity index (χ1n) is 7.40. The highest BCUT2D eigenvalue weighted by atomic mass is 16.5. The van der Waals surface area contributed by atoms with Gasteiger partial charge in [0.15, 0.2) is 0 Å². The van der Waals surface area contributed by atoms with E-state index in [1.54, 1.807) is 0 Å². The molecule has 3 nitrogen and oxygen atoms in total. The highest BCUT2D eigenvalue weighted by Gasteiger charge is 2.19. The molecule has 3 heteroatoms. The van der Waals surface area contributed by atoms with E-state index in [0.717, 1.165) is 18.6 Å². The monoisotopic (exact) mass is 272 g/mol. The Morgan fingerprint density at radius 3 is 2.95 bits per heavy atom. The number of hydrogen-bond acceptors (Lipinski definition) is 3. The van der Waals surface area contributed by atoms with Gasteiger partial charge in [0, 0.05) is 6.04 Å². The number of ether oxygens (including phenoxy) is 1. The average molecular weight is 272 g/mol. The number of benzene rings is 1. The van der Waals surface area contributed by atoms with Gasteiger partial charge in [-0.05, 0) is 69.8 Å². The zero-order chi connectivity index (χ0) is 14.6. The first kappa shape index (κ1) is 14.9. The number of fused-ring (bicyclic) bond motifs is 1. The van der Waals surface area contributed by atoms with Crippen LogP contribution in [0.3, 0.4) is 0 Å². The third-order valence-corrected chi connectivity index (χ3v) is 4.08. The molecule has 0 radical (unpaired) electrons. The molecule has 1 aliphatic rings. The number of nitrogens with one attached hydrogen (secondary N) is 1. The van der Waals surface area contributed by atoms with E-state index in [4.69, 9.17) is 10.00 Å². The van der Waals surface area contributed by atoms with Crippen molar-refractivity contribution in [3.63, 3.8) is 0 Å². The Morgan fingerprint density at radius 2 is 2.25 bits per heavy atom. The zero-order valence-corrected chi connectivity index (χ0v) is 12.7. The second-order valence-electron chi connectivity index (χ2n) is 6.19. The van der Waals surface area contributed by atoms with Gasteiger partial charge in [0.1, 0.15) is 5.75 Å². The Morgan fingerprint density at radius 1 is 1.45 bits per heavy atom. The largest absolute Gasteiger partial charge is 0.494 e. The Balaban J connectivity index is 2.00. The van der Waals surface area contributed by atoms with Crippen molar-refractivity contribution in [2.24, 2.45) is 5.41 Å². The summed E-state index contributed by atoms with van der Waals surface area (Å²) in [6, 6.07) is 9.18. The van der Waals surface area contributed by atoms with Crippen LogP contribution in [0, 0.1) is 16.7 Å². The molecule has 0 saturated heterocycles. The molecule has 1 unspecified atom stereocenters. The molecule has 0 fully saturated rings. The van der Waals surface area contributed by atoms with Crippen LogP contribution in [0.5, 0.6) is 5.75 Å². The van der Waals surface area contributed by atoms with Crippen molar-refractivity contribution >= 4 is 0 Å². The van der Waals surface area contributed by atoms with Crippen LogP contribution in [0.15, 0.2) is 18.2 Å². The molecule has 0 aliphatic heterocycles. The maximum absolute atomic E-state index is 8.99. The van der Waals surface area contributed by atoms with Crippen LogP contribution in [0.4, 0.5) is 0 Å². The van der Waals surface area contributed by atoms with Crippen LogP contribution in [0.25, 0.3) is 0 Å². The summed E-state index contributed by atoms with van der Waals surface area (Å²) in [4.78, 5) is 0. The van der Waals surface area contributed by atoms with Crippen molar-refractivity contribution in [2.75, 3.05) is 13.7 Å². The second-order valence-corrected chi connectivity index (χ2v) is 6.19. The summed E-state index contributed by atoms with van der Waals surface area (Å²) in [5.41, 5.74) is 2.49. The first-order valence-corrected chi connectivity index (χ1v) is 7.40. The highest BCUT2D eigenvalue weighted by Crippen LogP contribution is 2.32. The molecule has 1 aromatic carbocycles. The zero-order valence-electron chi connectivity index (χ0n) is 12.7. The quantitative estimate of drug-likeness (QED) is 0.890. The molecule has 1 aromatic rings. The van der Waals surface area contributed by atoms with Gasteiger partial charge >= 0.3 is 0 Å². The van der Waals surface area contributed by atoms with E-state index in [2.05, 4.69) is 23.5 Å². The minimum absolute atomic E-state index is 0.314. The minimum atomic E-state index is -0.314. The number of nitrogens with zero attached hydrogens (tertiary/aromatic N) is 1. The summed E-state index contributed by atoms with van der Waals surface area (Å²) in [6.07, 6.45) is 4.32. The van der Waals surface area contributed by atoms with E-state index in [9.17, 15) is 0 Å². The Bertz CT molecular complexity index is 502. The van der Waals surface area contributed by atoms with Gasteiger partial charge < -0.3 is 10.1 Å². The maximum Gasteiger partial charge on any atom is 0.119 e. The second kappa shape index (κ2) is 6.28. The van der Waals surface area contributed by atoms with Crippen LogP contribution >= 0.6 is 0 Å². The molecule has 1 atom stereocenters. The van der Waals surface area contributed by atoms with Gasteiger partial charge in [0.05, 0.1) is 18.1 Å². The van der Waals surface area contributed by atoms with Crippen LogP contribution in [0.1, 0.15) is 50.3 Å². The van der Waals surface area contributed by atoms with E-state index in [1.165, 1.54) is 24.0 Å². The molecule has 1 N–H and O–H groups in total. The van der Waals surface area contributed by atoms with Crippen molar-refractivity contribution in [2.45, 2.75) is 45.6 Å². The van der Waals surface area contributed by atoms with Gasteiger partial charge in [-0.15, -0.1) is 0 Å². The molecule has 0 spiro atoms. The Hall–Kier alpha value is -1.53. The topological polar surface area (TPSA) is 45.0 Å². The third kappa shape index (κ3) is 3.52. The summed E-state index contributed by atoms with van der Waals surface area (Å²) in [5, 5.41) is 12.4. The standard InChI is InChI=1S/C17H24N2O/c1-17(2,12-18)9-10-20-14-7-8-15-13(11-14)5-4-6-16(15)19-3/h7-8,11,16,19H,4-6,9-10H2,1-3H3. The highest BCUT2D eigenvalue weighted by molar-refractivity contribution is 5.39. The predicted molar refractivity (Wildman–Crippen MR) is 80.7 cm³/mol. The fraction of sp³-hybridized carbons (Fsp3) is 0.588. The molecule has 0 saturated carbocycles. The van der Waals surface area contributed by atoms with Crippen molar-refractivity contribution in [1.82, 2.24) is 5.32 Å². The maximum atomic E-state index is 8.99. The first-order chi connectivity index (χ1) is 9.55. The molecule has 20 heavy (non-hydrogen) atoms. The van der Waals surface area contributed by atoms with Crippen molar-refractivity contribution in [3.05, 3.63) is 29.3 Å². The summed E-state index contributed by atoms with van der Waals surface area (Å²) in [5.74, 6) is 0.925. The summed E-state index contributed by atoms with van der Waals surface area (Å²) < 4.78 is 5.81. The van der Waals surface area contributed by atoms with Crippen molar-refractivity contribution in [1.29, 1.82) is 5.26 Å². The van der Waals surface area contributed by atoms with E-state index in [-0.39, 0.29) is 5.41 Å². The fourth-order valence-electron chi connectivity index (χ4n) is 2.66. The van der Waals surface area contributed by atoms with E-state index in [0.29, 0.717) is 12.6 Å². The van der Waals surface area contributed by atoms with Crippen LogP contribution in [0.2, 0.25) is 0 Å². The summed E-state index contributed by atoms with van der Waals surface area (Å²) in [7, 11) is 2.02. The van der Waals surface area contributed by atoms with Gasteiger partial charge in [-0.1, -0.05) is 6.07 Å². The molecule has 1 aliphatic carbocycles. The van der Waals surface area contributed by atoms with Crippen LogP contribution < -0.4 is 10.1 Å². The van der Waals surface area contributed by atoms with Gasteiger partial charge in [-0.2, -0.15) is 5.26 Å². The van der Waals surface area contributed by atoms with E-state index < -0.39 is 0 Å². The molecule has 0 amide bonds. The lowest BCUT2D eigenvalue weighted by Gasteiger charge is -2.25. The smallest absolute Gasteiger partial charge is 0.119 e. The summed E-state index contributed by atoms with van der Waals surface area (Å²) >= 11 is 0. The van der Waals surface area contributed by atoms with Crippen LogP contribution in [-0.4, -0.2) is 13.7 Å². The molecule has 0 heterocycles. The Kier molecular flexibility index (Phi) is 4.67. The normalized spacial score (nSPS) is 18.2. The van der Waals surface area contributed by atoms with Crippen LogP contribution in [-0.2, 0) is 6.42 Å². The van der Waals surface area contributed by atoms with Crippen molar-refractivity contribution < 1.29 is 4.74 Å². The molecular formula is C17H24N2O. The lowest BCUT2D eigenvalue weighted by Crippen LogP contribution is -2.21. The molecule has 0 bridgehead atoms. The van der Waals surface area contributed by atoms with E-state index in [1.807, 2.05) is 27.0 Å². The third-order valence-electron chi connectivity index (χ3n) is 4.08. The number of aryl methyl sites for hydroxylation is 1. The minimum Gasteiger partial charge on any atom is -0.494 e. The number of nitriles is 1. The van der Waals surface area contributed by atoms with E-state index >= 15 is 0 Å². The SMILES string of the molecule is CNC1CCCc2cc(OCCC(C)(C)C#N)ccc21. The lowest BCUT2D eigenvalue weighted by molar-refractivity contribution is 0.264. The number of hydrogen-bond donors (Lipinski definition) is 1. The molecule has 0 aromatic heterocycles. The van der Waals surface area contributed by atoms with Crippen molar-refractivity contribution in [3.8, 4) is 11.8 Å². The molecule has 2 rings (SSSR count). The average Bonchev–Trinajstić information content (AvgIpc) is 2.46.